The fraction of sp³-hybridized carbons (Fsp3) is 0.364. The first kappa shape index (κ1) is 13.1. The minimum atomic E-state index is -1.45. The summed E-state index contributed by atoms with van der Waals surface area (Å²) in [7, 11) is 1.37. The van der Waals surface area contributed by atoms with Gasteiger partial charge in [0.25, 0.3) is 5.91 Å². The smallest absolute Gasteiger partial charge is 0.331 e. The number of methoxy groups -OCH3 is 1. The molecule has 0 fully saturated rings. The lowest BCUT2D eigenvalue weighted by Crippen LogP contribution is -2.55. The molecule has 6 heteroatoms. The monoisotopic (exact) mass is 238 g/mol. The first-order chi connectivity index (χ1) is 7.99. The van der Waals surface area contributed by atoms with Gasteiger partial charge in [0.05, 0.1) is 6.61 Å². The average Bonchev–Trinajstić information content (AvgIpc) is 2.30. The molecule has 0 aliphatic carbocycles. The fourth-order valence-electron chi connectivity index (χ4n) is 1.27. The Kier molecular flexibility index (Phi) is 4.17. The van der Waals surface area contributed by atoms with Crippen LogP contribution in [0.1, 0.15) is 17.3 Å². The van der Waals surface area contributed by atoms with Gasteiger partial charge < -0.3 is 15.2 Å². The van der Waals surface area contributed by atoms with Gasteiger partial charge in [-0.25, -0.2) is 4.79 Å². The van der Waals surface area contributed by atoms with Gasteiger partial charge in [0.1, 0.15) is 0 Å². The van der Waals surface area contributed by atoms with E-state index in [0.29, 0.717) is 5.56 Å². The molecule has 0 saturated heterocycles. The Morgan fingerprint density at radius 3 is 2.53 bits per heavy atom. The van der Waals surface area contributed by atoms with E-state index in [1.165, 1.54) is 38.6 Å². The predicted molar refractivity (Wildman–Crippen MR) is 59.6 cm³/mol. The standard InChI is InChI=1S/C11H14N2O4/c1-11(7-17-2,10(15)16)13-9(14)8-3-5-12-6-4-8/h3-6H,7H2,1-2H3,(H,13,14)(H,15,16). The van der Waals surface area contributed by atoms with Crippen LogP contribution in [0, 0.1) is 0 Å². The zero-order valence-electron chi connectivity index (χ0n) is 9.64. The van der Waals surface area contributed by atoms with Gasteiger partial charge in [-0.3, -0.25) is 9.78 Å². The van der Waals surface area contributed by atoms with Crippen LogP contribution in [0.15, 0.2) is 24.5 Å². The third-order valence-corrected chi connectivity index (χ3v) is 2.24. The lowest BCUT2D eigenvalue weighted by molar-refractivity contribution is -0.145. The Labute approximate surface area is 98.6 Å². The number of carbonyl (C=O) groups excluding carboxylic acids is 1. The van der Waals surface area contributed by atoms with Crippen molar-refractivity contribution in [2.45, 2.75) is 12.5 Å². The second-order valence-electron chi connectivity index (χ2n) is 3.76. The fourth-order valence-corrected chi connectivity index (χ4v) is 1.27. The number of aromatic nitrogens is 1. The summed E-state index contributed by atoms with van der Waals surface area (Å²) in [5.74, 6) is -1.63. The third kappa shape index (κ3) is 3.25. The van der Waals surface area contributed by atoms with Crippen molar-refractivity contribution >= 4 is 11.9 Å². The SMILES string of the molecule is COCC(C)(NC(=O)c1ccncc1)C(=O)O. The molecule has 2 N–H and O–H groups in total. The quantitative estimate of drug-likeness (QED) is 0.770. The Bertz CT molecular complexity index is 407. The molecule has 1 unspecified atom stereocenters. The van der Waals surface area contributed by atoms with Gasteiger partial charge in [0.2, 0.25) is 0 Å². The molecule has 1 rings (SSSR count). The summed E-state index contributed by atoms with van der Waals surface area (Å²) in [5, 5.41) is 11.5. The Morgan fingerprint density at radius 1 is 1.47 bits per heavy atom. The van der Waals surface area contributed by atoms with Crippen LogP contribution in [0.25, 0.3) is 0 Å². The van der Waals surface area contributed by atoms with Gasteiger partial charge >= 0.3 is 5.97 Å². The van der Waals surface area contributed by atoms with Crippen LogP contribution in [0.4, 0.5) is 0 Å². The van der Waals surface area contributed by atoms with E-state index in [2.05, 4.69) is 10.3 Å². The zero-order chi connectivity index (χ0) is 12.9. The Morgan fingerprint density at radius 2 is 2.06 bits per heavy atom. The van der Waals surface area contributed by atoms with Crippen molar-refractivity contribution in [2.75, 3.05) is 13.7 Å². The van der Waals surface area contributed by atoms with Crippen molar-refractivity contribution in [3.63, 3.8) is 0 Å². The number of ether oxygens (including phenoxy) is 1. The van der Waals surface area contributed by atoms with Crippen molar-refractivity contribution in [3.05, 3.63) is 30.1 Å². The molecule has 92 valence electrons. The highest BCUT2D eigenvalue weighted by molar-refractivity contribution is 5.97. The molecule has 0 aromatic carbocycles. The summed E-state index contributed by atoms with van der Waals surface area (Å²) >= 11 is 0. The van der Waals surface area contributed by atoms with E-state index < -0.39 is 17.4 Å². The summed E-state index contributed by atoms with van der Waals surface area (Å²) in [4.78, 5) is 26.6. The van der Waals surface area contributed by atoms with E-state index in [4.69, 9.17) is 9.84 Å². The number of carboxylic acids is 1. The topological polar surface area (TPSA) is 88.5 Å². The summed E-state index contributed by atoms with van der Waals surface area (Å²) in [5.41, 5.74) is -1.10. The Hall–Kier alpha value is -1.95. The van der Waals surface area contributed by atoms with E-state index in [0.717, 1.165) is 0 Å². The molecule has 0 radical (unpaired) electrons. The van der Waals surface area contributed by atoms with Crippen LogP contribution in [-0.4, -0.2) is 41.2 Å². The molecule has 0 spiro atoms. The minimum absolute atomic E-state index is 0.112. The Balaban J connectivity index is 2.82. The molecule has 1 heterocycles. The van der Waals surface area contributed by atoms with Crippen LogP contribution in [0.3, 0.4) is 0 Å². The first-order valence-electron chi connectivity index (χ1n) is 4.94. The number of nitrogens with zero attached hydrogens (tertiary/aromatic N) is 1. The lowest BCUT2D eigenvalue weighted by Gasteiger charge is -2.25. The van der Waals surface area contributed by atoms with Gasteiger partial charge in [-0.15, -0.1) is 0 Å². The first-order valence-corrected chi connectivity index (χ1v) is 4.94. The molecule has 0 saturated carbocycles. The second kappa shape index (κ2) is 5.40. The highest BCUT2D eigenvalue weighted by Gasteiger charge is 2.35. The normalized spacial score (nSPS) is 13.8. The summed E-state index contributed by atoms with van der Waals surface area (Å²) in [6.07, 6.45) is 2.92. The van der Waals surface area contributed by atoms with Gasteiger partial charge in [-0.2, -0.15) is 0 Å². The second-order valence-corrected chi connectivity index (χ2v) is 3.76. The third-order valence-electron chi connectivity index (χ3n) is 2.24. The van der Waals surface area contributed by atoms with E-state index >= 15 is 0 Å². The van der Waals surface area contributed by atoms with Gasteiger partial charge in [-0.05, 0) is 19.1 Å². The van der Waals surface area contributed by atoms with Crippen LogP contribution in [0.2, 0.25) is 0 Å². The number of carbonyl (C=O) groups is 2. The largest absolute Gasteiger partial charge is 0.479 e. The number of aliphatic carboxylic acids is 1. The number of hydrogen-bond acceptors (Lipinski definition) is 4. The molecule has 1 atom stereocenters. The lowest BCUT2D eigenvalue weighted by atomic mass is 10.0. The minimum Gasteiger partial charge on any atom is -0.479 e. The molecule has 0 bridgehead atoms. The number of rotatable bonds is 5. The van der Waals surface area contributed by atoms with E-state index in [1.807, 2.05) is 0 Å². The molecule has 6 nitrogen and oxygen atoms in total. The molecule has 1 aromatic rings. The van der Waals surface area contributed by atoms with E-state index in [-0.39, 0.29) is 6.61 Å². The summed E-state index contributed by atoms with van der Waals surface area (Å²) in [6, 6.07) is 3.01. The predicted octanol–water partition coefficient (Wildman–Crippen LogP) is 0.301. The zero-order valence-corrected chi connectivity index (χ0v) is 9.64. The van der Waals surface area contributed by atoms with E-state index in [1.54, 1.807) is 0 Å². The molecule has 0 aliphatic heterocycles. The number of carboxylic acid groups (broad SMARTS) is 1. The summed E-state index contributed by atoms with van der Waals surface area (Å²) < 4.78 is 4.80. The maximum atomic E-state index is 11.8. The van der Waals surface area contributed by atoms with Gasteiger partial charge in [0, 0.05) is 25.1 Å². The van der Waals surface area contributed by atoms with Crippen LogP contribution >= 0.6 is 0 Å². The molecule has 1 amide bonds. The van der Waals surface area contributed by atoms with Crippen molar-refractivity contribution in [2.24, 2.45) is 0 Å². The van der Waals surface area contributed by atoms with Crippen molar-refractivity contribution in [3.8, 4) is 0 Å². The molecular weight excluding hydrogens is 224 g/mol. The highest BCUT2D eigenvalue weighted by atomic mass is 16.5. The number of pyridine rings is 1. The molecule has 0 aliphatic rings. The van der Waals surface area contributed by atoms with Gasteiger partial charge in [-0.1, -0.05) is 0 Å². The van der Waals surface area contributed by atoms with E-state index in [9.17, 15) is 9.59 Å². The summed E-state index contributed by atoms with van der Waals surface area (Å²) in [6.45, 7) is 1.27. The van der Waals surface area contributed by atoms with Crippen molar-refractivity contribution in [1.29, 1.82) is 0 Å². The molecular formula is C11H14N2O4. The maximum absolute atomic E-state index is 11.8. The van der Waals surface area contributed by atoms with Crippen LogP contribution < -0.4 is 5.32 Å². The van der Waals surface area contributed by atoms with Gasteiger partial charge in [0.15, 0.2) is 5.54 Å². The van der Waals surface area contributed by atoms with Crippen LogP contribution in [0.5, 0.6) is 0 Å². The number of nitrogens with one attached hydrogen (secondary N) is 1. The molecule has 1 aromatic heterocycles. The van der Waals surface area contributed by atoms with Crippen molar-refractivity contribution in [1.82, 2.24) is 10.3 Å². The number of amides is 1. The average molecular weight is 238 g/mol. The molecule has 17 heavy (non-hydrogen) atoms. The van der Waals surface area contributed by atoms with Crippen LogP contribution in [-0.2, 0) is 9.53 Å². The number of hydrogen-bond donors (Lipinski definition) is 2. The van der Waals surface area contributed by atoms with Crippen molar-refractivity contribution < 1.29 is 19.4 Å². The maximum Gasteiger partial charge on any atom is 0.331 e. The highest BCUT2D eigenvalue weighted by Crippen LogP contribution is 2.07.